The van der Waals surface area contributed by atoms with Crippen molar-refractivity contribution in [1.29, 1.82) is 0 Å². The maximum atomic E-state index is 12.9. The van der Waals surface area contributed by atoms with Gasteiger partial charge in [0.25, 0.3) is 11.8 Å². The molecular weight excluding hydrogens is 430 g/mol. The average molecular weight is 452 g/mol. The first kappa shape index (κ1) is 22.4. The van der Waals surface area contributed by atoms with Crippen molar-refractivity contribution in [2.75, 3.05) is 13.6 Å². The van der Waals surface area contributed by atoms with E-state index in [1.165, 1.54) is 21.9 Å². The zero-order chi connectivity index (χ0) is 23.5. The zero-order valence-corrected chi connectivity index (χ0v) is 18.0. The lowest BCUT2D eigenvalue weighted by Gasteiger charge is -2.27. The number of halogens is 2. The molecule has 1 aliphatic rings. The van der Waals surface area contributed by atoms with Crippen molar-refractivity contribution >= 4 is 28.5 Å². The minimum Gasteiger partial charge on any atom is -0.435 e. The Kier molecular flexibility index (Phi) is 6.35. The Labute approximate surface area is 189 Å². The number of carbonyl (C=O) groups is 3. The molecule has 0 aliphatic carbocycles. The summed E-state index contributed by atoms with van der Waals surface area (Å²) >= 11 is 0. The second-order valence-corrected chi connectivity index (χ2v) is 7.85. The summed E-state index contributed by atoms with van der Waals surface area (Å²) in [4.78, 5) is 41.1. The van der Waals surface area contributed by atoms with Crippen molar-refractivity contribution in [2.24, 2.45) is 0 Å². The van der Waals surface area contributed by atoms with E-state index in [-0.39, 0.29) is 36.4 Å². The Morgan fingerprint density at radius 2 is 1.58 bits per heavy atom. The minimum atomic E-state index is -2.89. The Balaban J connectivity index is 1.34. The molecule has 4 rings (SSSR count). The fourth-order valence-corrected chi connectivity index (χ4v) is 4.00. The van der Waals surface area contributed by atoms with Crippen LogP contribution in [0.25, 0.3) is 10.8 Å². The molecule has 0 bridgehead atoms. The number of carbonyl (C=O) groups excluding carboxylic acids is 3. The molecule has 0 saturated heterocycles. The van der Waals surface area contributed by atoms with E-state index < -0.39 is 6.61 Å². The lowest BCUT2D eigenvalue weighted by atomic mass is 9.94. The predicted molar refractivity (Wildman–Crippen MR) is 118 cm³/mol. The second-order valence-electron chi connectivity index (χ2n) is 7.85. The molecule has 6 nitrogen and oxygen atoms in total. The minimum absolute atomic E-state index is 0.0517. The molecule has 3 aromatic rings. The van der Waals surface area contributed by atoms with Crippen LogP contribution < -0.4 is 4.74 Å². The number of nitrogens with zero attached hydrogens (tertiary/aromatic N) is 2. The number of rotatable bonds is 8. The molecule has 3 aromatic carbocycles. The van der Waals surface area contributed by atoms with Crippen molar-refractivity contribution in [3.05, 3.63) is 77.4 Å². The van der Waals surface area contributed by atoms with Gasteiger partial charge in [0.15, 0.2) is 0 Å². The highest BCUT2D eigenvalue weighted by atomic mass is 19.3. The summed E-state index contributed by atoms with van der Waals surface area (Å²) in [5.74, 6) is -0.800. The van der Waals surface area contributed by atoms with Crippen LogP contribution in [-0.4, -0.2) is 47.7 Å². The van der Waals surface area contributed by atoms with Crippen molar-refractivity contribution in [3.8, 4) is 5.75 Å². The Morgan fingerprint density at radius 1 is 0.970 bits per heavy atom. The van der Waals surface area contributed by atoms with Crippen molar-refractivity contribution in [1.82, 2.24) is 9.80 Å². The van der Waals surface area contributed by atoms with Gasteiger partial charge in [0, 0.05) is 43.1 Å². The van der Waals surface area contributed by atoms with Gasteiger partial charge in [-0.3, -0.25) is 19.3 Å². The van der Waals surface area contributed by atoms with E-state index in [1.54, 1.807) is 43.4 Å². The Morgan fingerprint density at radius 3 is 2.15 bits per heavy atom. The van der Waals surface area contributed by atoms with Crippen LogP contribution in [0.4, 0.5) is 8.78 Å². The van der Waals surface area contributed by atoms with E-state index in [2.05, 4.69) is 4.74 Å². The van der Waals surface area contributed by atoms with Gasteiger partial charge in [0.1, 0.15) is 5.75 Å². The summed E-state index contributed by atoms with van der Waals surface area (Å²) in [7, 11) is 1.64. The SMILES string of the molecule is CN(Cc1ccc(OC(F)F)cc1)C(=O)CCCN1C(=O)c2cccc3cccc(c23)C1=O. The number of hydrogen-bond donors (Lipinski definition) is 0. The van der Waals surface area contributed by atoms with E-state index >= 15 is 0 Å². The highest BCUT2D eigenvalue weighted by Crippen LogP contribution is 2.30. The third kappa shape index (κ3) is 4.69. The summed E-state index contributed by atoms with van der Waals surface area (Å²) < 4.78 is 28.8. The number of benzene rings is 3. The largest absolute Gasteiger partial charge is 0.435 e. The van der Waals surface area contributed by atoms with Gasteiger partial charge < -0.3 is 9.64 Å². The Bertz CT molecular complexity index is 1160. The number of hydrogen-bond acceptors (Lipinski definition) is 4. The molecule has 0 atom stereocenters. The molecule has 0 saturated carbocycles. The molecule has 0 unspecified atom stereocenters. The average Bonchev–Trinajstić information content (AvgIpc) is 2.80. The van der Waals surface area contributed by atoms with E-state index in [9.17, 15) is 23.2 Å². The van der Waals surface area contributed by atoms with Gasteiger partial charge in [0.2, 0.25) is 5.91 Å². The van der Waals surface area contributed by atoms with E-state index in [4.69, 9.17) is 0 Å². The normalized spacial score (nSPS) is 13.0. The number of alkyl halides is 2. The highest BCUT2D eigenvalue weighted by molar-refractivity contribution is 6.25. The molecule has 0 radical (unpaired) electrons. The molecule has 0 spiro atoms. The quantitative estimate of drug-likeness (QED) is 0.473. The summed E-state index contributed by atoms with van der Waals surface area (Å²) in [6.45, 7) is -2.45. The first-order chi connectivity index (χ1) is 15.8. The van der Waals surface area contributed by atoms with E-state index in [0.717, 1.165) is 10.9 Å². The summed E-state index contributed by atoms with van der Waals surface area (Å²) in [6.07, 6.45) is 0.492. The molecular formula is C25H22F2N2O4. The lowest BCUT2D eigenvalue weighted by molar-refractivity contribution is -0.130. The van der Waals surface area contributed by atoms with Gasteiger partial charge in [-0.2, -0.15) is 8.78 Å². The molecule has 8 heteroatoms. The van der Waals surface area contributed by atoms with Crippen LogP contribution in [0, 0.1) is 0 Å². The fraction of sp³-hybridized carbons (Fsp3) is 0.240. The third-order valence-electron chi connectivity index (χ3n) is 5.62. The van der Waals surface area contributed by atoms with Crippen LogP contribution in [0.3, 0.4) is 0 Å². The van der Waals surface area contributed by atoms with Gasteiger partial charge in [-0.05, 0) is 41.6 Å². The standard InChI is InChI=1S/C25H22F2N2O4/c1-28(15-16-10-12-18(13-11-16)33-25(26)27)21(30)9-4-14-29-23(31)19-7-2-5-17-6-3-8-20(22(17)19)24(29)32/h2-3,5-8,10-13,25H,4,9,14-15H2,1H3. The van der Waals surface area contributed by atoms with Crippen LogP contribution in [-0.2, 0) is 11.3 Å². The number of ether oxygens (including phenoxy) is 1. The smallest absolute Gasteiger partial charge is 0.387 e. The lowest BCUT2D eigenvalue weighted by Crippen LogP contribution is -2.41. The molecule has 1 aliphatic heterocycles. The van der Waals surface area contributed by atoms with Gasteiger partial charge in [0.05, 0.1) is 0 Å². The van der Waals surface area contributed by atoms with E-state index in [1.807, 2.05) is 12.1 Å². The van der Waals surface area contributed by atoms with Crippen LogP contribution >= 0.6 is 0 Å². The molecule has 170 valence electrons. The van der Waals surface area contributed by atoms with Crippen molar-refractivity contribution in [2.45, 2.75) is 26.0 Å². The molecule has 0 N–H and O–H groups in total. The molecule has 3 amide bonds. The first-order valence-electron chi connectivity index (χ1n) is 10.5. The van der Waals surface area contributed by atoms with Crippen LogP contribution in [0.5, 0.6) is 5.75 Å². The molecule has 33 heavy (non-hydrogen) atoms. The third-order valence-corrected chi connectivity index (χ3v) is 5.62. The Hall–Kier alpha value is -3.81. The maximum absolute atomic E-state index is 12.9. The molecule has 0 fully saturated rings. The number of imide groups is 1. The van der Waals surface area contributed by atoms with Gasteiger partial charge in [-0.15, -0.1) is 0 Å². The molecule has 1 heterocycles. The highest BCUT2D eigenvalue weighted by Gasteiger charge is 2.32. The van der Waals surface area contributed by atoms with Crippen LogP contribution in [0.1, 0.15) is 39.1 Å². The van der Waals surface area contributed by atoms with Gasteiger partial charge >= 0.3 is 6.61 Å². The first-order valence-corrected chi connectivity index (χ1v) is 10.5. The van der Waals surface area contributed by atoms with Crippen molar-refractivity contribution < 1.29 is 27.9 Å². The fourth-order valence-electron chi connectivity index (χ4n) is 4.00. The predicted octanol–water partition coefficient (Wildman–Crippen LogP) is 4.48. The maximum Gasteiger partial charge on any atom is 0.387 e. The summed E-state index contributed by atoms with van der Waals surface area (Å²) in [5, 5.41) is 1.52. The summed E-state index contributed by atoms with van der Waals surface area (Å²) in [6, 6.07) is 16.8. The zero-order valence-electron chi connectivity index (χ0n) is 18.0. The monoisotopic (exact) mass is 452 g/mol. The van der Waals surface area contributed by atoms with Crippen molar-refractivity contribution in [3.63, 3.8) is 0 Å². The summed E-state index contributed by atoms with van der Waals surface area (Å²) in [5.41, 5.74) is 1.74. The van der Waals surface area contributed by atoms with E-state index in [0.29, 0.717) is 29.5 Å². The molecule has 0 aromatic heterocycles. The van der Waals surface area contributed by atoms with Gasteiger partial charge in [-0.1, -0.05) is 36.4 Å². The second kappa shape index (κ2) is 9.36. The van der Waals surface area contributed by atoms with Crippen LogP contribution in [0.15, 0.2) is 60.7 Å². The number of amides is 3. The van der Waals surface area contributed by atoms with Crippen LogP contribution in [0.2, 0.25) is 0 Å². The van der Waals surface area contributed by atoms with Gasteiger partial charge in [-0.25, -0.2) is 0 Å². The topological polar surface area (TPSA) is 66.9 Å².